The highest BCUT2D eigenvalue weighted by Crippen LogP contribution is 2.07. The van der Waals surface area contributed by atoms with Crippen LogP contribution in [0.1, 0.15) is 23.0 Å². The van der Waals surface area contributed by atoms with Gasteiger partial charge in [-0.15, -0.1) is 9.89 Å². The maximum atomic E-state index is 11.8. The van der Waals surface area contributed by atoms with Crippen LogP contribution >= 0.6 is 11.6 Å². The van der Waals surface area contributed by atoms with Crippen molar-refractivity contribution in [1.82, 2.24) is 15.1 Å². The van der Waals surface area contributed by atoms with Crippen molar-refractivity contribution in [2.75, 3.05) is 6.61 Å². The number of hydrogen-bond acceptors (Lipinski definition) is 5. The number of nitrogens with zero attached hydrogens (tertiary/aromatic N) is 3. The van der Waals surface area contributed by atoms with Crippen LogP contribution in [0.5, 0.6) is 0 Å². The van der Waals surface area contributed by atoms with Gasteiger partial charge >= 0.3 is 11.5 Å². The summed E-state index contributed by atoms with van der Waals surface area (Å²) >= 11 is 5.75. The van der Waals surface area contributed by atoms with Gasteiger partial charge in [0.15, 0.2) is 0 Å². The Labute approximate surface area is 118 Å². The number of halogens is 1. The maximum Gasteiger partial charge on any atom is 0.364 e. The molecule has 1 aromatic heterocycles. The van der Waals surface area contributed by atoms with Crippen LogP contribution in [-0.4, -0.2) is 33.9 Å². The molecule has 0 atom stereocenters. The van der Waals surface area contributed by atoms with E-state index in [1.54, 1.807) is 31.2 Å². The number of esters is 1. The second kappa shape index (κ2) is 6.16. The van der Waals surface area contributed by atoms with Crippen molar-refractivity contribution in [3.05, 3.63) is 50.9 Å². The highest BCUT2D eigenvalue weighted by atomic mass is 35.5. The van der Waals surface area contributed by atoms with Crippen molar-refractivity contribution in [2.45, 2.75) is 6.92 Å². The lowest BCUT2D eigenvalue weighted by Crippen LogP contribution is -2.20. The Morgan fingerprint density at radius 3 is 2.85 bits per heavy atom. The standard InChI is InChI=1S/C12H11ClN4O3/c1-2-20-12(19)10-11(18)17(16-15-10)14-7-8-3-5-9(13)6-4-8/h3-7,16H,2H2,1H3/b14-7-. The number of hydrogen-bond donors (Lipinski definition) is 1. The van der Waals surface area contributed by atoms with Gasteiger partial charge in [-0.05, 0) is 24.6 Å². The first-order valence-corrected chi connectivity index (χ1v) is 6.14. The molecule has 0 fully saturated rings. The summed E-state index contributed by atoms with van der Waals surface area (Å²) in [6.07, 6.45) is 1.44. The molecule has 0 saturated carbocycles. The summed E-state index contributed by atoms with van der Waals surface area (Å²) in [5.41, 5.74) is -0.262. The van der Waals surface area contributed by atoms with Gasteiger partial charge in [0.1, 0.15) is 0 Å². The minimum Gasteiger partial charge on any atom is -0.461 e. The van der Waals surface area contributed by atoms with Crippen molar-refractivity contribution in [3.63, 3.8) is 0 Å². The molecule has 7 nitrogen and oxygen atoms in total. The summed E-state index contributed by atoms with van der Waals surface area (Å²) in [4.78, 5) is 24.0. The van der Waals surface area contributed by atoms with E-state index in [0.717, 1.165) is 10.4 Å². The van der Waals surface area contributed by atoms with Crippen molar-refractivity contribution in [3.8, 4) is 0 Å². The lowest BCUT2D eigenvalue weighted by atomic mass is 10.2. The zero-order valence-electron chi connectivity index (χ0n) is 10.5. The fourth-order valence-corrected chi connectivity index (χ4v) is 1.50. The summed E-state index contributed by atoms with van der Waals surface area (Å²) < 4.78 is 4.70. The molecule has 0 unspecified atom stereocenters. The number of aromatic nitrogens is 3. The van der Waals surface area contributed by atoms with E-state index in [4.69, 9.17) is 16.3 Å². The molecule has 2 aromatic rings. The van der Waals surface area contributed by atoms with Gasteiger partial charge in [0.25, 0.3) is 0 Å². The Morgan fingerprint density at radius 2 is 2.20 bits per heavy atom. The first kappa shape index (κ1) is 14.0. The van der Waals surface area contributed by atoms with E-state index in [1.807, 2.05) is 0 Å². The van der Waals surface area contributed by atoms with Gasteiger partial charge in [0.05, 0.1) is 12.8 Å². The number of aromatic amines is 1. The predicted molar refractivity (Wildman–Crippen MR) is 73.2 cm³/mol. The van der Waals surface area contributed by atoms with E-state index in [2.05, 4.69) is 15.4 Å². The molecule has 0 bridgehead atoms. The van der Waals surface area contributed by atoms with Gasteiger partial charge in [-0.25, -0.2) is 4.79 Å². The van der Waals surface area contributed by atoms with Gasteiger partial charge < -0.3 is 4.74 Å². The molecule has 1 N–H and O–H groups in total. The van der Waals surface area contributed by atoms with Crippen molar-refractivity contribution >= 4 is 23.8 Å². The molecule has 0 aliphatic carbocycles. The molecule has 1 aromatic carbocycles. The quantitative estimate of drug-likeness (QED) is 0.679. The molecule has 0 aliphatic rings. The number of nitrogens with one attached hydrogen (secondary N) is 1. The van der Waals surface area contributed by atoms with Gasteiger partial charge in [-0.2, -0.15) is 10.3 Å². The lowest BCUT2D eigenvalue weighted by Gasteiger charge is -1.94. The second-order valence-electron chi connectivity index (χ2n) is 3.69. The van der Waals surface area contributed by atoms with Crippen LogP contribution in [-0.2, 0) is 4.74 Å². The Bertz CT molecular complexity index is 687. The number of rotatable bonds is 4. The van der Waals surface area contributed by atoms with Crippen LogP contribution in [0.3, 0.4) is 0 Å². The molecule has 0 radical (unpaired) electrons. The number of carbonyl (C=O) groups is 1. The smallest absolute Gasteiger partial charge is 0.364 e. The number of benzene rings is 1. The van der Waals surface area contributed by atoms with Crippen LogP contribution in [0.15, 0.2) is 34.2 Å². The average Bonchev–Trinajstić information content (AvgIpc) is 2.80. The Balaban J connectivity index is 2.20. The molecule has 0 spiro atoms. The normalized spacial score (nSPS) is 10.9. The lowest BCUT2D eigenvalue weighted by molar-refractivity contribution is 0.0517. The Hall–Kier alpha value is -2.41. The van der Waals surface area contributed by atoms with E-state index < -0.39 is 11.5 Å². The van der Waals surface area contributed by atoms with Crippen molar-refractivity contribution < 1.29 is 9.53 Å². The van der Waals surface area contributed by atoms with Crippen LogP contribution in [0.25, 0.3) is 0 Å². The molecule has 0 amide bonds. The molecule has 8 heteroatoms. The zero-order valence-corrected chi connectivity index (χ0v) is 11.3. The highest BCUT2D eigenvalue weighted by molar-refractivity contribution is 6.30. The van der Waals surface area contributed by atoms with E-state index in [-0.39, 0.29) is 12.3 Å². The maximum absolute atomic E-state index is 11.8. The van der Waals surface area contributed by atoms with Crippen LogP contribution in [0, 0.1) is 0 Å². The Morgan fingerprint density at radius 1 is 1.50 bits per heavy atom. The topological polar surface area (TPSA) is 89.3 Å². The third-order valence-electron chi connectivity index (χ3n) is 2.31. The van der Waals surface area contributed by atoms with Gasteiger partial charge in [0, 0.05) is 5.02 Å². The van der Waals surface area contributed by atoms with Crippen LogP contribution in [0.4, 0.5) is 0 Å². The van der Waals surface area contributed by atoms with Crippen molar-refractivity contribution in [2.24, 2.45) is 5.10 Å². The van der Waals surface area contributed by atoms with Gasteiger partial charge in [-0.3, -0.25) is 4.79 Å². The predicted octanol–water partition coefficient (Wildman–Crippen LogP) is 1.28. The largest absolute Gasteiger partial charge is 0.461 e. The first-order chi connectivity index (χ1) is 9.61. The fraction of sp³-hybridized carbons (Fsp3) is 0.167. The molecular formula is C12H11ClN4O3. The monoisotopic (exact) mass is 294 g/mol. The fourth-order valence-electron chi connectivity index (χ4n) is 1.37. The van der Waals surface area contributed by atoms with E-state index in [9.17, 15) is 9.59 Å². The molecule has 20 heavy (non-hydrogen) atoms. The summed E-state index contributed by atoms with van der Waals surface area (Å²) in [6.45, 7) is 1.81. The zero-order chi connectivity index (χ0) is 14.5. The van der Waals surface area contributed by atoms with Crippen LogP contribution in [0.2, 0.25) is 5.02 Å². The third-order valence-corrected chi connectivity index (χ3v) is 2.56. The second-order valence-corrected chi connectivity index (χ2v) is 4.13. The summed E-state index contributed by atoms with van der Waals surface area (Å²) in [5, 5.41) is 10.4. The molecule has 0 aliphatic heterocycles. The van der Waals surface area contributed by atoms with Crippen molar-refractivity contribution in [1.29, 1.82) is 0 Å². The van der Waals surface area contributed by atoms with Gasteiger partial charge in [-0.1, -0.05) is 23.7 Å². The van der Waals surface area contributed by atoms with Gasteiger partial charge in [0.2, 0.25) is 5.69 Å². The number of carbonyl (C=O) groups excluding carboxylic acids is 1. The van der Waals surface area contributed by atoms with E-state index >= 15 is 0 Å². The molecule has 104 valence electrons. The Kier molecular flexibility index (Phi) is 4.31. The minimum absolute atomic E-state index is 0.166. The van der Waals surface area contributed by atoms with E-state index in [1.165, 1.54) is 6.21 Å². The third kappa shape index (κ3) is 3.12. The summed E-state index contributed by atoms with van der Waals surface area (Å²) in [7, 11) is 0. The SMILES string of the molecule is CCOC(=O)c1n[nH]n(/N=C\c2ccc(Cl)cc2)c1=O. The summed E-state index contributed by atoms with van der Waals surface area (Å²) in [6, 6.07) is 6.87. The first-order valence-electron chi connectivity index (χ1n) is 5.76. The summed E-state index contributed by atoms with van der Waals surface area (Å²) in [5.74, 6) is -0.783. The average molecular weight is 295 g/mol. The molecule has 1 heterocycles. The number of H-pyrrole nitrogens is 1. The molecule has 2 rings (SSSR count). The molecular weight excluding hydrogens is 284 g/mol. The minimum atomic E-state index is -0.783. The highest BCUT2D eigenvalue weighted by Gasteiger charge is 2.17. The number of ether oxygens (including phenoxy) is 1. The molecule has 0 saturated heterocycles. The van der Waals surface area contributed by atoms with E-state index in [0.29, 0.717) is 5.02 Å². The van der Waals surface area contributed by atoms with Crippen LogP contribution < -0.4 is 5.56 Å².